The number of imide groups is 1. The minimum Gasteiger partial charge on any atom is -0.336 e. The lowest BCUT2D eigenvalue weighted by Gasteiger charge is -2.30. The Hall–Kier alpha value is -3.10. The number of carbonyl (C=O) groups excluding carboxylic acids is 3. The Labute approximate surface area is 163 Å². The van der Waals surface area contributed by atoms with Crippen LogP contribution in [0.15, 0.2) is 24.3 Å². The molecule has 0 bridgehead atoms. The van der Waals surface area contributed by atoms with Crippen LogP contribution in [0.3, 0.4) is 0 Å². The van der Waals surface area contributed by atoms with E-state index in [1.54, 1.807) is 29.2 Å². The summed E-state index contributed by atoms with van der Waals surface area (Å²) in [6.45, 7) is 7.99. The van der Waals surface area contributed by atoms with Crippen LogP contribution in [0.25, 0.3) is 0 Å². The monoisotopic (exact) mass is 384 g/mol. The molecule has 0 spiro atoms. The van der Waals surface area contributed by atoms with Crippen LogP contribution in [-0.4, -0.2) is 66.4 Å². The van der Waals surface area contributed by atoms with E-state index in [0.29, 0.717) is 17.0 Å². The summed E-state index contributed by atoms with van der Waals surface area (Å²) in [5.41, 5.74) is 0.828. The Kier molecular flexibility index (Phi) is 5.53. The van der Waals surface area contributed by atoms with Crippen molar-refractivity contribution in [3.05, 3.63) is 41.2 Å². The molecule has 0 radical (unpaired) electrons. The number of hydrogen-bond donors (Lipinski definition) is 0. The molecule has 0 unspecified atom stereocenters. The van der Waals surface area contributed by atoms with E-state index in [1.165, 1.54) is 9.70 Å². The molecule has 3 amide bonds. The molecule has 9 nitrogen and oxygen atoms in total. The number of rotatable bonds is 7. The number of hydrogen-bond acceptors (Lipinski definition) is 6. The molecule has 1 aliphatic heterocycles. The van der Waals surface area contributed by atoms with E-state index in [4.69, 9.17) is 0 Å². The zero-order valence-electron chi connectivity index (χ0n) is 16.5. The predicted octanol–water partition coefficient (Wildman–Crippen LogP) is 1.16. The number of nitrogens with zero attached hydrogens (tertiary/aromatic N) is 6. The molecule has 2 heterocycles. The minimum absolute atomic E-state index is 0.00359. The second kappa shape index (κ2) is 7.87. The first-order chi connectivity index (χ1) is 13.3. The summed E-state index contributed by atoms with van der Waals surface area (Å²) in [4.78, 5) is 41.4. The van der Waals surface area contributed by atoms with Gasteiger partial charge in [-0.1, -0.05) is 12.1 Å². The number of fused-ring (bicyclic) bond motifs is 1. The summed E-state index contributed by atoms with van der Waals surface area (Å²) in [5, 5.41) is 12.1. The van der Waals surface area contributed by atoms with Crippen molar-refractivity contribution >= 4 is 17.7 Å². The molecule has 0 atom stereocenters. The van der Waals surface area contributed by atoms with E-state index < -0.39 is 0 Å². The number of amides is 3. The van der Waals surface area contributed by atoms with Crippen molar-refractivity contribution in [3.63, 3.8) is 0 Å². The minimum atomic E-state index is -0.312. The van der Waals surface area contributed by atoms with Crippen molar-refractivity contribution in [1.82, 2.24) is 30.0 Å². The molecular weight excluding hydrogens is 360 g/mol. The smallest absolute Gasteiger partial charge is 0.261 e. The average molecular weight is 384 g/mol. The van der Waals surface area contributed by atoms with Gasteiger partial charge in [0, 0.05) is 25.0 Å². The maximum atomic E-state index is 12.5. The van der Waals surface area contributed by atoms with Crippen LogP contribution < -0.4 is 0 Å². The van der Waals surface area contributed by atoms with Crippen molar-refractivity contribution < 1.29 is 14.4 Å². The first kappa shape index (κ1) is 19.7. The number of carbonyl (C=O) groups is 3. The molecule has 0 saturated carbocycles. The molecule has 0 N–H and O–H groups in total. The fraction of sp³-hybridized carbons (Fsp3) is 0.474. The lowest BCUT2D eigenvalue weighted by Crippen LogP contribution is -2.44. The number of benzene rings is 1. The summed E-state index contributed by atoms with van der Waals surface area (Å²) < 4.78 is 0. The molecular formula is C19H24N6O3. The largest absolute Gasteiger partial charge is 0.336 e. The van der Waals surface area contributed by atoms with Gasteiger partial charge in [-0.3, -0.25) is 19.3 Å². The summed E-state index contributed by atoms with van der Waals surface area (Å²) in [5.74, 6) is -0.334. The highest BCUT2D eigenvalue weighted by Crippen LogP contribution is 2.22. The Morgan fingerprint density at radius 1 is 1.04 bits per heavy atom. The van der Waals surface area contributed by atoms with Gasteiger partial charge in [0.25, 0.3) is 11.8 Å². The van der Waals surface area contributed by atoms with Crippen LogP contribution in [0.5, 0.6) is 0 Å². The third-order valence-electron chi connectivity index (χ3n) is 4.61. The van der Waals surface area contributed by atoms with E-state index in [0.717, 1.165) is 0 Å². The van der Waals surface area contributed by atoms with Gasteiger partial charge in [0.05, 0.1) is 11.1 Å². The second-order valence-electron chi connectivity index (χ2n) is 7.28. The maximum absolute atomic E-state index is 12.5. The van der Waals surface area contributed by atoms with E-state index in [1.807, 2.05) is 27.7 Å². The average Bonchev–Trinajstić information content (AvgIpc) is 3.16. The standard InChI is InChI=1S/C19H24N6O3/c1-12(2)25(13(3)4)17(26)11-24-21-16(20-22-24)9-10-23-18(27)14-7-5-6-8-15(14)19(23)28/h5-8,12-13H,9-11H2,1-4H3. The van der Waals surface area contributed by atoms with Gasteiger partial charge in [0.1, 0.15) is 6.54 Å². The number of aromatic nitrogens is 4. The first-order valence-corrected chi connectivity index (χ1v) is 9.32. The van der Waals surface area contributed by atoms with E-state index in [9.17, 15) is 14.4 Å². The molecule has 148 valence electrons. The highest BCUT2D eigenvalue weighted by Gasteiger charge is 2.34. The Morgan fingerprint density at radius 3 is 2.14 bits per heavy atom. The molecule has 0 saturated heterocycles. The van der Waals surface area contributed by atoms with Crippen LogP contribution in [0.4, 0.5) is 0 Å². The van der Waals surface area contributed by atoms with E-state index in [-0.39, 0.29) is 49.3 Å². The summed E-state index contributed by atoms with van der Waals surface area (Å²) in [6, 6.07) is 6.90. The normalized spacial score (nSPS) is 13.6. The highest BCUT2D eigenvalue weighted by molar-refractivity contribution is 6.21. The summed E-state index contributed by atoms with van der Waals surface area (Å²) in [6.07, 6.45) is 0.276. The van der Waals surface area contributed by atoms with Crippen LogP contribution in [0.1, 0.15) is 54.2 Å². The maximum Gasteiger partial charge on any atom is 0.261 e. The zero-order valence-corrected chi connectivity index (χ0v) is 16.5. The Balaban J connectivity index is 1.61. The van der Waals surface area contributed by atoms with Crippen molar-refractivity contribution in [2.75, 3.05) is 6.54 Å². The molecule has 9 heteroatoms. The second-order valence-corrected chi connectivity index (χ2v) is 7.28. The van der Waals surface area contributed by atoms with Crippen molar-refractivity contribution in [2.24, 2.45) is 0 Å². The highest BCUT2D eigenvalue weighted by atomic mass is 16.2. The van der Waals surface area contributed by atoms with Crippen molar-refractivity contribution in [1.29, 1.82) is 0 Å². The molecule has 28 heavy (non-hydrogen) atoms. The van der Waals surface area contributed by atoms with Gasteiger partial charge < -0.3 is 4.90 Å². The van der Waals surface area contributed by atoms with E-state index in [2.05, 4.69) is 15.4 Å². The SMILES string of the molecule is CC(C)N(C(=O)Cn1nnc(CCN2C(=O)c3ccccc3C2=O)n1)C(C)C. The molecule has 0 aliphatic carbocycles. The number of tetrazole rings is 1. The van der Waals surface area contributed by atoms with Gasteiger partial charge in [-0.05, 0) is 45.0 Å². The molecule has 2 aromatic rings. The molecule has 1 aromatic carbocycles. The molecule has 0 fully saturated rings. The molecule has 3 rings (SSSR count). The van der Waals surface area contributed by atoms with Crippen LogP contribution in [0.2, 0.25) is 0 Å². The van der Waals surface area contributed by atoms with Crippen molar-refractivity contribution in [3.8, 4) is 0 Å². The lowest BCUT2D eigenvalue weighted by molar-refractivity contribution is -0.135. The topological polar surface area (TPSA) is 101 Å². The van der Waals surface area contributed by atoms with Gasteiger partial charge >= 0.3 is 0 Å². The predicted molar refractivity (Wildman–Crippen MR) is 100 cm³/mol. The van der Waals surface area contributed by atoms with Gasteiger partial charge in [0.15, 0.2) is 5.82 Å². The van der Waals surface area contributed by atoms with Crippen LogP contribution >= 0.6 is 0 Å². The third kappa shape index (κ3) is 3.78. The quantitative estimate of drug-likeness (QED) is 0.664. The molecule has 1 aliphatic rings. The van der Waals surface area contributed by atoms with Gasteiger partial charge in [0.2, 0.25) is 5.91 Å². The Bertz CT molecular complexity index is 862. The summed E-state index contributed by atoms with van der Waals surface area (Å²) in [7, 11) is 0. The van der Waals surface area contributed by atoms with Crippen LogP contribution in [0, 0.1) is 0 Å². The van der Waals surface area contributed by atoms with Crippen LogP contribution in [-0.2, 0) is 17.8 Å². The van der Waals surface area contributed by atoms with Gasteiger partial charge in [-0.2, -0.15) is 4.80 Å². The van der Waals surface area contributed by atoms with Gasteiger partial charge in [-0.15, -0.1) is 10.2 Å². The fourth-order valence-corrected chi connectivity index (χ4v) is 3.47. The third-order valence-corrected chi connectivity index (χ3v) is 4.61. The zero-order chi connectivity index (χ0) is 20.4. The van der Waals surface area contributed by atoms with E-state index >= 15 is 0 Å². The van der Waals surface area contributed by atoms with Crippen molar-refractivity contribution in [2.45, 2.75) is 52.7 Å². The fourth-order valence-electron chi connectivity index (χ4n) is 3.47. The lowest BCUT2D eigenvalue weighted by atomic mass is 10.1. The first-order valence-electron chi connectivity index (χ1n) is 9.32. The molecule has 1 aromatic heterocycles. The van der Waals surface area contributed by atoms with Gasteiger partial charge in [-0.25, -0.2) is 0 Å². The summed E-state index contributed by atoms with van der Waals surface area (Å²) >= 11 is 0. The Morgan fingerprint density at radius 2 is 1.61 bits per heavy atom.